The fourth-order valence-corrected chi connectivity index (χ4v) is 2.66. The summed E-state index contributed by atoms with van der Waals surface area (Å²) in [5, 5.41) is 9.99. The topological polar surface area (TPSA) is 45.2 Å². The monoisotopic (exact) mass is 308 g/mol. The van der Waals surface area contributed by atoms with Crippen LogP contribution in [0.4, 0.5) is 5.69 Å². The molecule has 0 amide bonds. The maximum absolute atomic E-state index is 9.99. The molecular formula is C17H28N2O3. The maximum Gasteiger partial charge on any atom is 0.0900 e. The number of aliphatic hydroxyl groups is 1. The number of piperazine rings is 1. The highest BCUT2D eigenvalue weighted by molar-refractivity contribution is 5.47. The molecule has 0 radical (unpaired) electrons. The van der Waals surface area contributed by atoms with E-state index < -0.39 is 6.10 Å². The first-order chi connectivity index (χ1) is 10.7. The van der Waals surface area contributed by atoms with E-state index in [1.807, 2.05) is 0 Å². The van der Waals surface area contributed by atoms with Gasteiger partial charge in [-0.05, 0) is 19.1 Å². The Bertz CT molecular complexity index is 416. The first kappa shape index (κ1) is 17.2. The molecule has 1 N–H and O–H groups in total. The Labute approximate surface area is 133 Å². The molecule has 1 fully saturated rings. The van der Waals surface area contributed by atoms with Crippen molar-refractivity contribution in [3.63, 3.8) is 0 Å². The van der Waals surface area contributed by atoms with Gasteiger partial charge in [-0.25, -0.2) is 0 Å². The number of β-amino-alcohol motifs (C(OH)–C–C–N with tert-alkyl or cyclic N) is 1. The van der Waals surface area contributed by atoms with Crippen molar-refractivity contribution in [2.75, 3.05) is 64.6 Å². The zero-order valence-corrected chi connectivity index (χ0v) is 13.7. The summed E-state index contributed by atoms with van der Waals surface area (Å²) in [4.78, 5) is 4.70. The summed E-state index contributed by atoms with van der Waals surface area (Å²) in [6, 6.07) is 8.68. The summed E-state index contributed by atoms with van der Waals surface area (Å²) < 4.78 is 10.3. The number of aliphatic hydroxyl groups excluding tert-OH is 1. The first-order valence-electron chi connectivity index (χ1n) is 7.98. The summed E-state index contributed by atoms with van der Waals surface area (Å²) in [7, 11) is 1.65. The van der Waals surface area contributed by atoms with Crippen molar-refractivity contribution in [1.82, 2.24) is 4.90 Å². The Balaban J connectivity index is 1.67. The third-order valence-corrected chi connectivity index (χ3v) is 3.98. The third kappa shape index (κ3) is 5.57. The van der Waals surface area contributed by atoms with Crippen LogP contribution in [-0.2, 0) is 9.47 Å². The van der Waals surface area contributed by atoms with Crippen LogP contribution in [0.2, 0.25) is 0 Å². The van der Waals surface area contributed by atoms with E-state index in [0.29, 0.717) is 26.4 Å². The van der Waals surface area contributed by atoms with Crippen LogP contribution in [0.15, 0.2) is 24.3 Å². The Morgan fingerprint density at radius 2 is 1.77 bits per heavy atom. The van der Waals surface area contributed by atoms with Gasteiger partial charge < -0.3 is 19.5 Å². The fraction of sp³-hybridized carbons (Fsp3) is 0.647. The first-order valence-corrected chi connectivity index (χ1v) is 7.98. The lowest BCUT2D eigenvalue weighted by Crippen LogP contribution is -2.49. The molecule has 22 heavy (non-hydrogen) atoms. The minimum absolute atomic E-state index is 0.377. The van der Waals surface area contributed by atoms with E-state index in [1.165, 1.54) is 11.3 Å². The molecule has 1 aliphatic rings. The van der Waals surface area contributed by atoms with Crippen LogP contribution in [0.1, 0.15) is 5.56 Å². The van der Waals surface area contributed by atoms with Crippen molar-refractivity contribution in [2.24, 2.45) is 0 Å². The fourth-order valence-electron chi connectivity index (χ4n) is 2.66. The van der Waals surface area contributed by atoms with Crippen molar-refractivity contribution in [1.29, 1.82) is 0 Å². The number of ether oxygens (including phenoxy) is 2. The third-order valence-electron chi connectivity index (χ3n) is 3.98. The van der Waals surface area contributed by atoms with Crippen LogP contribution in [0.3, 0.4) is 0 Å². The molecule has 1 heterocycles. The average molecular weight is 308 g/mol. The minimum atomic E-state index is -0.428. The zero-order valence-electron chi connectivity index (χ0n) is 13.7. The minimum Gasteiger partial charge on any atom is -0.389 e. The molecule has 5 heteroatoms. The van der Waals surface area contributed by atoms with Crippen LogP contribution in [0.5, 0.6) is 0 Å². The Morgan fingerprint density at radius 1 is 1.09 bits per heavy atom. The van der Waals surface area contributed by atoms with Crippen LogP contribution < -0.4 is 4.90 Å². The molecule has 0 aliphatic carbocycles. The second kappa shape index (κ2) is 9.10. The second-order valence-corrected chi connectivity index (χ2v) is 5.84. The standard InChI is InChI=1S/C17H28N2O3/c1-15-3-5-16(6-4-15)19-9-7-18(8-10-19)13-17(20)14-22-12-11-21-2/h3-6,17,20H,7-14H2,1-2H3. The van der Waals surface area contributed by atoms with Crippen LogP contribution in [-0.4, -0.2) is 75.8 Å². The largest absolute Gasteiger partial charge is 0.389 e. The lowest BCUT2D eigenvalue weighted by Gasteiger charge is -2.36. The van der Waals surface area contributed by atoms with Gasteiger partial charge in [0.1, 0.15) is 0 Å². The van der Waals surface area contributed by atoms with Crippen LogP contribution >= 0.6 is 0 Å². The van der Waals surface area contributed by atoms with Gasteiger partial charge in [0.2, 0.25) is 0 Å². The number of nitrogens with zero attached hydrogens (tertiary/aromatic N) is 2. The van der Waals surface area contributed by atoms with Gasteiger partial charge in [0, 0.05) is 45.5 Å². The van der Waals surface area contributed by atoms with Gasteiger partial charge in [-0.3, -0.25) is 4.90 Å². The Kier molecular flexibility index (Phi) is 7.12. The highest BCUT2D eigenvalue weighted by atomic mass is 16.5. The van der Waals surface area contributed by atoms with Crippen molar-refractivity contribution in [3.8, 4) is 0 Å². The van der Waals surface area contributed by atoms with Gasteiger partial charge >= 0.3 is 0 Å². The van der Waals surface area contributed by atoms with Crippen molar-refractivity contribution < 1.29 is 14.6 Å². The molecule has 1 unspecified atom stereocenters. The smallest absolute Gasteiger partial charge is 0.0900 e. The average Bonchev–Trinajstić information content (AvgIpc) is 2.53. The van der Waals surface area contributed by atoms with Gasteiger partial charge in [0.15, 0.2) is 0 Å². The predicted octanol–water partition coefficient (Wildman–Crippen LogP) is 1.14. The summed E-state index contributed by atoms with van der Waals surface area (Å²) in [5.74, 6) is 0. The quantitative estimate of drug-likeness (QED) is 0.730. The number of hydrogen-bond acceptors (Lipinski definition) is 5. The van der Waals surface area contributed by atoms with Crippen LogP contribution in [0.25, 0.3) is 0 Å². The highest BCUT2D eigenvalue weighted by Crippen LogP contribution is 2.17. The lowest BCUT2D eigenvalue weighted by atomic mass is 10.2. The molecule has 124 valence electrons. The highest BCUT2D eigenvalue weighted by Gasteiger charge is 2.19. The van der Waals surface area contributed by atoms with Crippen molar-refractivity contribution in [2.45, 2.75) is 13.0 Å². The van der Waals surface area contributed by atoms with Gasteiger partial charge in [-0.15, -0.1) is 0 Å². The van der Waals surface area contributed by atoms with Crippen molar-refractivity contribution in [3.05, 3.63) is 29.8 Å². The van der Waals surface area contributed by atoms with E-state index in [0.717, 1.165) is 26.2 Å². The molecule has 1 atom stereocenters. The Morgan fingerprint density at radius 3 is 2.41 bits per heavy atom. The number of aryl methyl sites for hydroxylation is 1. The lowest BCUT2D eigenvalue weighted by molar-refractivity contribution is -0.00108. The molecule has 1 aromatic carbocycles. The number of benzene rings is 1. The molecule has 2 rings (SSSR count). The molecular weight excluding hydrogens is 280 g/mol. The van der Waals surface area contributed by atoms with Gasteiger partial charge in [0.25, 0.3) is 0 Å². The van der Waals surface area contributed by atoms with E-state index >= 15 is 0 Å². The van der Waals surface area contributed by atoms with Gasteiger partial charge in [-0.1, -0.05) is 17.7 Å². The van der Waals surface area contributed by atoms with Gasteiger partial charge in [-0.2, -0.15) is 0 Å². The molecule has 5 nitrogen and oxygen atoms in total. The molecule has 0 aromatic heterocycles. The number of anilines is 1. The van der Waals surface area contributed by atoms with Crippen LogP contribution in [0, 0.1) is 6.92 Å². The van der Waals surface area contributed by atoms with E-state index in [1.54, 1.807) is 7.11 Å². The summed E-state index contributed by atoms with van der Waals surface area (Å²) in [6.45, 7) is 8.22. The molecule has 1 aliphatic heterocycles. The summed E-state index contributed by atoms with van der Waals surface area (Å²) in [6.07, 6.45) is -0.428. The van der Waals surface area contributed by atoms with E-state index in [9.17, 15) is 5.11 Å². The van der Waals surface area contributed by atoms with Crippen molar-refractivity contribution >= 4 is 5.69 Å². The van der Waals surface area contributed by atoms with E-state index in [4.69, 9.17) is 9.47 Å². The SMILES string of the molecule is COCCOCC(O)CN1CCN(c2ccc(C)cc2)CC1. The number of rotatable bonds is 8. The van der Waals surface area contributed by atoms with E-state index in [2.05, 4.69) is 41.0 Å². The molecule has 0 saturated carbocycles. The number of hydrogen-bond donors (Lipinski definition) is 1. The summed E-state index contributed by atoms with van der Waals surface area (Å²) >= 11 is 0. The zero-order chi connectivity index (χ0) is 15.8. The second-order valence-electron chi connectivity index (χ2n) is 5.84. The van der Waals surface area contributed by atoms with E-state index in [-0.39, 0.29) is 0 Å². The normalized spacial score (nSPS) is 17.7. The maximum atomic E-state index is 9.99. The summed E-state index contributed by atoms with van der Waals surface area (Å²) in [5.41, 5.74) is 2.58. The van der Waals surface area contributed by atoms with Gasteiger partial charge in [0.05, 0.1) is 25.9 Å². The predicted molar refractivity (Wildman–Crippen MR) is 88.5 cm³/mol. The molecule has 0 spiro atoms. The number of methoxy groups -OCH3 is 1. The Hall–Kier alpha value is -1.14. The molecule has 1 aromatic rings. The molecule has 1 saturated heterocycles. The molecule has 0 bridgehead atoms.